The number of aryl methyl sites for hydroxylation is 1. The first-order valence-electron chi connectivity index (χ1n) is 11.8. The van der Waals surface area contributed by atoms with Gasteiger partial charge in [-0.05, 0) is 47.0 Å². The van der Waals surface area contributed by atoms with E-state index in [9.17, 15) is 39.6 Å². The maximum absolute atomic E-state index is 13.5. The summed E-state index contributed by atoms with van der Waals surface area (Å²) >= 11 is 0.906. The fourth-order valence-electron chi connectivity index (χ4n) is 3.91. The highest BCUT2D eigenvalue weighted by atomic mass is 32.2. The summed E-state index contributed by atoms with van der Waals surface area (Å²) in [7, 11) is -6.79. The molecule has 41 heavy (non-hydrogen) atoms. The van der Waals surface area contributed by atoms with Crippen molar-refractivity contribution >= 4 is 47.3 Å². The highest BCUT2D eigenvalue weighted by molar-refractivity contribution is 7.91. The number of nitrogens with two attached hydrogens (primary N) is 1. The van der Waals surface area contributed by atoms with Crippen molar-refractivity contribution in [2.45, 2.75) is 17.2 Å². The van der Waals surface area contributed by atoms with Crippen LogP contribution in [0.5, 0.6) is 0 Å². The molecule has 0 saturated heterocycles. The van der Waals surface area contributed by atoms with E-state index >= 15 is 0 Å². The van der Waals surface area contributed by atoms with Crippen LogP contribution in [0.3, 0.4) is 0 Å². The van der Waals surface area contributed by atoms with Crippen LogP contribution >= 0.6 is 11.3 Å². The average Bonchev–Trinajstić information content (AvgIpc) is 3.26. The molecule has 0 radical (unpaired) electrons. The van der Waals surface area contributed by atoms with E-state index in [0.717, 1.165) is 35.6 Å². The first-order chi connectivity index (χ1) is 19.0. The Morgan fingerprint density at radius 1 is 1.05 bits per heavy atom. The number of halogens is 3. The number of pyridine rings is 1. The van der Waals surface area contributed by atoms with E-state index in [-0.39, 0.29) is 16.1 Å². The van der Waals surface area contributed by atoms with Gasteiger partial charge in [0.25, 0.3) is 5.56 Å². The largest absolute Gasteiger partial charge is 0.416 e. The Labute approximate surface area is 236 Å². The van der Waals surface area contributed by atoms with Crippen LogP contribution in [-0.4, -0.2) is 44.6 Å². The van der Waals surface area contributed by atoms with Crippen LogP contribution in [-0.2, 0) is 43.6 Å². The number of hydrogen-bond acceptors (Lipinski definition) is 8. The quantitative estimate of drug-likeness (QED) is 0.288. The van der Waals surface area contributed by atoms with E-state index < -0.39 is 60.8 Å². The number of benzene rings is 2. The average molecular weight is 629 g/mol. The number of carbonyl (C=O) groups excluding carboxylic acids is 1. The van der Waals surface area contributed by atoms with Gasteiger partial charge in [-0.1, -0.05) is 18.2 Å². The maximum Gasteiger partial charge on any atom is 0.416 e. The monoisotopic (exact) mass is 628 g/mol. The third kappa shape index (κ3) is 7.38. The molecule has 2 aromatic heterocycles. The van der Waals surface area contributed by atoms with Crippen LogP contribution in [0.2, 0.25) is 0 Å². The molecule has 0 fully saturated rings. The lowest BCUT2D eigenvalue weighted by Gasteiger charge is -2.16. The summed E-state index contributed by atoms with van der Waals surface area (Å²) in [6.07, 6.45) is -3.02. The molecule has 4 rings (SSSR count). The molecule has 1 atom stereocenters. The van der Waals surface area contributed by atoms with Crippen molar-refractivity contribution in [3.05, 3.63) is 87.3 Å². The fraction of sp³-hybridized carbons (Fsp3) is 0.240. The first kappa shape index (κ1) is 30.4. The predicted molar refractivity (Wildman–Crippen MR) is 148 cm³/mol. The molecule has 1 amide bonds. The smallest absolute Gasteiger partial charge is 0.354 e. The zero-order valence-corrected chi connectivity index (χ0v) is 23.7. The van der Waals surface area contributed by atoms with Gasteiger partial charge in [-0.2, -0.15) is 13.2 Å². The van der Waals surface area contributed by atoms with Gasteiger partial charge in [-0.25, -0.2) is 27.0 Å². The van der Waals surface area contributed by atoms with Crippen molar-refractivity contribution in [3.63, 3.8) is 0 Å². The molecule has 16 heteroatoms. The number of alkyl halides is 3. The summed E-state index contributed by atoms with van der Waals surface area (Å²) in [4.78, 5) is 29.5. The van der Waals surface area contributed by atoms with E-state index in [1.165, 1.54) is 10.6 Å². The summed E-state index contributed by atoms with van der Waals surface area (Å²) in [5.41, 5.74) is 0.427. The van der Waals surface area contributed by atoms with Crippen LogP contribution in [0.1, 0.15) is 21.4 Å². The lowest BCUT2D eigenvalue weighted by molar-refractivity contribution is -0.137. The van der Waals surface area contributed by atoms with Gasteiger partial charge in [0.2, 0.25) is 15.9 Å². The number of carbonyl (C=O) groups is 1. The summed E-state index contributed by atoms with van der Waals surface area (Å²) in [5.74, 6) is -2.50. The van der Waals surface area contributed by atoms with Gasteiger partial charge in [0.15, 0.2) is 15.1 Å². The van der Waals surface area contributed by atoms with Gasteiger partial charge >= 0.3 is 6.18 Å². The summed E-state index contributed by atoms with van der Waals surface area (Å²) in [6, 6.07) is 11.6. The molecule has 0 aliphatic rings. The SMILES string of the molecule is Cn1ccc(-c2ccc3nc(C(C(=O)NCCS(N)(=O)=O)S(=O)(=O)Cc4ccc(C(F)(F)F)cc4)sc3c2)cc1=O. The van der Waals surface area contributed by atoms with Crippen molar-refractivity contribution in [2.24, 2.45) is 12.2 Å². The summed E-state index contributed by atoms with van der Waals surface area (Å²) < 4.78 is 90.4. The third-order valence-corrected chi connectivity index (χ3v) is 9.90. The van der Waals surface area contributed by atoms with Crippen LogP contribution in [0.25, 0.3) is 21.3 Å². The lowest BCUT2D eigenvalue weighted by atomic mass is 10.1. The number of hydrogen-bond donors (Lipinski definition) is 2. The Kier molecular flexibility index (Phi) is 8.40. The molecule has 0 aliphatic carbocycles. The lowest BCUT2D eigenvalue weighted by Crippen LogP contribution is -2.37. The van der Waals surface area contributed by atoms with Crippen molar-refractivity contribution in [1.82, 2.24) is 14.9 Å². The Bertz CT molecular complexity index is 1880. The first-order valence-corrected chi connectivity index (χ1v) is 16.0. The molecule has 4 aromatic rings. The standard InChI is InChI=1S/C25H23F3N4O6S3/c1-32-10-8-17(13-21(32)33)16-4-7-19-20(12-16)39-24(31-19)22(23(34)30-9-11-41(29,37)38)40(35,36)14-15-2-5-18(6-3-15)25(26,27)28/h2-8,10,12-13,22H,9,11,14H2,1H3,(H,30,34)(H2,29,37,38). The summed E-state index contributed by atoms with van der Waals surface area (Å²) in [6.45, 7) is -0.470. The minimum absolute atomic E-state index is 0.00870. The second-order valence-electron chi connectivity index (χ2n) is 9.14. The number of nitrogens with zero attached hydrogens (tertiary/aromatic N) is 2. The number of aromatic nitrogens is 2. The van der Waals surface area contributed by atoms with Gasteiger partial charge in [-0.3, -0.25) is 9.59 Å². The molecule has 218 valence electrons. The normalized spacial score (nSPS) is 13.3. The number of amides is 1. The number of fused-ring (bicyclic) bond motifs is 1. The molecule has 1 unspecified atom stereocenters. The number of thiazole rings is 1. The highest BCUT2D eigenvalue weighted by Crippen LogP contribution is 2.35. The van der Waals surface area contributed by atoms with E-state index in [1.54, 1.807) is 37.5 Å². The molecule has 10 nitrogen and oxygen atoms in total. The molecule has 2 aromatic carbocycles. The molecule has 3 N–H and O–H groups in total. The predicted octanol–water partition coefficient (Wildman–Crippen LogP) is 2.74. The number of rotatable bonds is 9. The number of sulfonamides is 1. The van der Waals surface area contributed by atoms with Gasteiger partial charge in [-0.15, -0.1) is 11.3 Å². The van der Waals surface area contributed by atoms with Crippen molar-refractivity contribution in [1.29, 1.82) is 0 Å². The molecule has 0 aliphatic heterocycles. The van der Waals surface area contributed by atoms with E-state index in [1.807, 2.05) is 0 Å². The van der Waals surface area contributed by atoms with Crippen LogP contribution < -0.4 is 16.0 Å². The van der Waals surface area contributed by atoms with Crippen molar-refractivity contribution < 1.29 is 34.8 Å². The van der Waals surface area contributed by atoms with Gasteiger partial charge < -0.3 is 9.88 Å². The van der Waals surface area contributed by atoms with Gasteiger partial charge in [0.05, 0.1) is 27.3 Å². The number of nitrogens with one attached hydrogen (secondary N) is 1. The zero-order chi connectivity index (χ0) is 30.2. The Morgan fingerprint density at radius 2 is 1.71 bits per heavy atom. The van der Waals surface area contributed by atoms with Crippen molar-refractivity contribution in [2.75, 3.05) is 12.3 Å². The number of primary sulfonamides is 1. The van der Waals surface area contributed by atoms with Crippen molar-refractivity contribution in [3.8, 4) is 11.1 Å². The minimum Gasteiger partial charge on any atom is -0.354 e. The Hall–Kier alpha value is -3.60. The van der Waals surface area contributed by atoms with E-state index in [0.29, 0.717) is 21.3 Å². The van der Waals surface area contributed by atoms with E-state index in [2.05, 4.69) is 10.3 Å². The van der Waals surface area contributed by atoms with Crippen LogP contribution in [0.4, 0.5) is 13.2 Å². The topological polar surface area (TPSA) is 158 Å². The highest BCUT2D eigenvalue weighted by Gasteiger charge is 2.37. The molecule has 0 spiro atoms. The molecular weight excluding hydrogens is 605 g/mol. The third-order valence-electron chi connectivity index (χ3n) is 6.00. The van der Waals surface area contributed by atoms with Crippen LogP contribution in [0.15, 0.2) is 65.6 Å². The molecule has 0 saturated carbocycles. The van der Waals surface area contributed by atoms with Gasteiger partial charge in [0, 0.05) is 25.9 Å². The molecule has 0 bridgehead atoms. The molecular formula is C25H23F3N4O6S3. The number of sulfone groups is 1. The Morgan fingerprint density at radius 3 is 2.32 bits per heavy atom. The van der Waals surface area contributed by atoms with Gasteiger partial charge in [0.1, 0.15) is 5.01 Å². The van der Waals surface area contributed by atoms with E-state index in [4.69, 9.17) is 5.14 Å². The second kappa shape index (κ2) is 11.3. The summed E-state index contributed by atoms with van der Waals surface area (Å²) in [5, 5.41) is 5.20. The zero-order valence-electron chi connectivity index (χ0n) is 21.3. The second-order valence-corrected chi connectivity index (χ2v) is 14.0. The maximum atomic E-state index is 13.5. The minimum atomic E-state index is -4.62. The fourth-order valence-corrected chi connectivity index (χ4v) is 7.46. The Balaban J connectivity index is 1.71. The molecule has 2 heterocycles. The van der Waals surface area contributed by atoms with Crippen LogP contribution in [0, 0.1) is 0 Å².